The number of halogens is 1. The van der Waals surface area contributed by atoms with Gasteiger partial charge in [-0.25, -0.2) is 4.98 Å². The third-order valence-electron chi connectivity index (χ3n) is 4.36. The van der Waals surface area contributed by atoms with E-state index in [0.29, 0.717) is 19.5 Å². The summed E-state index contributed by atoms with van der Waals surface area (Å²) in [4.78, 5) is 24.5. The van der Waals surface area contributed by atoms with E-state index < -0.39 is 0 Å². The number of carbonyl (C=O) groups excluding carboxylic acids is 1. The van der Waals surface area contributed by atoms with E-state index in [2.05, 4.69) is 20.6 Å². The maximum absolute atomic E-state index is 11.8. The molecule has 1 fully saturated rings. The fraction of sp³-hybridized carbons (Fsp3) is 0.421. The Bertz CT molecular complexity index is 805. The Morgan fingerprint density at radius 1 is 1.25 bits per heavy atom. The van der Waals surface area contributed by atoms with Gasteiger partial charge in [-0.1, -0.05) is 12.1 Å². The minimum atomic E-state index is 0. The predicted octanol–water partition coefficient (Wildman–Crippen LogP) is 2.82. The molecule has 1 aliphatic rings. The van der Waals surface area contributed by atoms with Crippen LogP contribution in [-0.2, 0) is 17.9 Å². The van der Waals surface area contributed by atoms with Gasteiger partial charge in [0.25, 0.3) is 0 Å². The highest BCUT2D eigenvalue weighted by molar-refractivity contribution is 14.0. The van der Waals surface area contributed by atoms with Crippen LogP contribution < -0.4 is 20.4 Å². The number of hydrogen-bond acceptors (Lipinski definition) is 5. The topological polar surface area (TPSA) is 72.9 Å². The Labute approximate surface area is 187 Å². The third-order valence-corrected chi connectivity index (χ3v) is 5.42. The second kappa shape index (κ2) is 10.6. The highest BCUT2D eigenvalue weighted by Gasteiger charge is 2.21. The molecule has 28 heavy (non-hydrogen) atoms. The largest absolute Gasteiger partial charge is 0.354 e. The van der Waals surface area contributed by atoms with Crippen molar-refractivity contribution in [3.05, 3.63) is 40.9 Å². The SMILES string of the molecule is CN=C(NCc1ccc(N2CCCC2=O)cc1)NCc1csc(N(C)C)n1.I. The summed E-state index contributed by atoms with van der Waals surface area (Å²) < 4.78 is 0. The van der Waals surface area contributed by atoms with Crippen LogP contribution >= 0.6 is 35.3 Å². The first-order valence-electron chi connectivity index (χ1n) is 9.02. The van der Waals surface area contributed by atoms with Gasteiger partial charge in [0.1, 0.15) is 0 Å². The van der Waals surface area contributed by atoms with Gasteiger partial charge in [-0.15, -0.1) is 35.3 Å². The van der Waals surface area contributed by atoms with Crippen molar-refractivity contribution < 1.29 is 4.79 Å². The molecule has 0 aliphatic carbocycles. The van der Waals surface area contributed by atoms with Crippen LogP contribution in [0, 0.1) is 0 Å². The minimum Gasteiger partial charge on any atom is -0.354 e. The van der Waals surface area contributed by atoms with Crippen LogP contribution in [0.1, 0.15) is 24.1 Å². The summed E-state index contributed by atoms with van der Waals surface area (Å²) in [6.45, 7) is 2.10. The van der Waals surface area contributed by atoms with Gasteiger partial charge in [-0.3, -0.25) is 9.79 Å². The highest BCUT2D eigenvalue weighted by atomic mass is 127. The van der Waals surface area contributed by atoms with Gasteiger partial charge in [0, 0.05) is 51.7 Å². The fourth-order valence-corrected chi connectivity index (χ4v) is 3.64. The van der Waals surface area contributed by atoms with E-state index in [1.165, 1.54) is 0 Å². The molecule has 1 aromatic heterocycles. The average Bonchev–Trinajstić information content (AvgIpc) is 3.31. The van der Waals surface area contributed by atoms with Crippen LogP contribution in [0.15, 0.2) is 34.6 Å². The molecule has 7 nitrogen and oxygen atoms in total. The molecule has 0 spiro atoms. The molecule has 3 rings (SSSR count). The number of rotatable bonds is 6. The Balaban J connectivity index is 0.00000280. The van der Waals surface area contributed by atoms with Gasteiger partial charge < -0.3 is 20.4 Å². The van der Waals surface area contributed by atoms with E-state index in [0.717, 1.165) is 41.0 Å². The van der Waals surface area contributed by atoms with Crippen molar-refractivity contribution in [3.8, 4) is 0 Å². The lowest BCUT2D eigenvalue weighted by atomic mass is 10.2. The molecule has 9 heteroatoms. The quantitative estimate of drug-likeness (QED) is 0.353. The molecule has 0 saturated carbocycles. The fourth-order valence-electron chi connectivity index (χ4n) is 2.88. The van der Waals surface area contributed by atoms with Crippen molar-refractivity contribution in [3.63, 3.8) is 0 Å². The van der Waals surface area contributed by atoms with Crippen LogP contribution in [-0.4, -0.2) is 44.5 Å². The van der Waals surface area contributed by atoms with Crippen LogP contribution in [0.4, 0.5) is 10.8 Å². The molecule has 152 valence electrons. The van der Waals surface area contributed by atoms with Crippen LogP contribution in [0.25, 0.3) is 0 Å². The summed E-state index contributed by atoms with van der Waals surface area (Å²) in [6, 6.07) is 8.11. The molecule has 2 N–H and O–H groups in total. The highest BCUT2D eigenvalue weighted by Crippen LogP contribution is 2.21. The lowest BCUT2D eigenvalue weighted by Crippen LogP contribution is -2.36. The summed E-state index contributed by atoms with van der Waals surface area (Å²) in [5.41, 5.74) is 3.10. The average molecular weight is 514 g/mol. The van der Waals surface area contributed by atoms with Gasteiger partial charge >= 0.3 is 0 Å². The molecule has 2 aromatic rings. The third kappa shape index (κ3) is 5.81. The molecule has 0 bridgehead atoms. The number of amides is 1. The van der Waals surface area contributed by atoms with E-state index >= 15 is 0 Å². The lowest BCUT2D eigenvalue weighted by Gasteiger charge is -2.16. The molecule has 2 heterocycles. The number of hydrogen-bond donors (Lipinski definition) is 2. The standard InChI is InChI=1S/C19H26N6OS.HI/c1-20-18(22-12-15-13-27-19(23-15)24(2)3)21-11-14-6-8-16(9-7-14)25-10-4-5-17(25)26;/h6-9,13H,4-5,10-12H2,1-3H3,(H2,20,21,22);1H. The number of carbonyl (C=O) groups is 1. The van der Waals surface area contributed by atoms with Gasteiger partial charge in [-0.05, 0) is 24.1 Å². The van der Waals surface area contributed by atoms with Crippen molar-refractivity contribution in [2.24, 2.45) is 4.99 Å². The molecule has 1 aromatic carbocycles. The Kier molecular flexibility index (Phi) is 8.49. The first-order chi connectivity index (χ1) is 13.1. The van der Waals surface area contributed by atoms with E-state index in [4.69, 9.17) is 0 Å². The Hall–Kier alpha value is -1.88. The van der Waals surface area contributed by atoms with E-state index in [1.54, 1.807) is 18.4 Å². The first-order valence-corrected chi connectivity index (χ1v) is 9.90. The number of guanidine groups is 1. The van der Waals surface area contributed by atoms with Crippen LogP contribution in [0.5, 0.6) is 0 Å². The predicted molar refractivity (Wildman–Crippen MR) is 127 cm³/mol. The summed E-state index contributed by atoms with van der Waals surface area (Å²) in [7, 11) is 5.73. The van der Waals surface area contributed by atoms with E-state index in [9.17, 15) is 4.79 Å². The molecule has 0 atom stereocenters. The molecule has 0 unspecified atom stereocenters. The van der Waals surface area contributed by atoms with Crippen LogP contribution in [0.3, 0.4) is 0 Å². The number of nitrogens with zero attached hydrogens (tertiary/aromatic N) is 4. The molecule has 1 aliphatic heterocycles. The van der Waals surface area contributed by atoms with E-state index in [-0.39, 0.29) is 29.9 Å². The van der Waals surface area contributed by atoms with Crippen molar-refractivity contribution in [2.75, 3.05) is 37.5 Å². The van der Waals surface area contributed by atoms with Crippen LogP contribution in [0.2, 0.25) is 0 Å². The van der Waals surface area contributed by atoms with E-state index in [1.807, 2.05) is 53.5 Å². The van der Waals surface area contributed by atoms with Crippen molar-refractivity contribution >= 4 is 58.0 Å². The zero-order chi connectivity index (χ0) is 19.2. The second-order valence-corrected chi connectivity index (χ2v) is 7.45. The summed E-state index contributed by atoms with van der Waals surface area (Å²) in [5, 5.41) is 9.63. The van der Waals surface area contributed by atoms with Gasteiger partial charge in [0.2, 0.25) is 5.91 Å². The van der Waals surface area contributed by atoms with Crippen molar-refractivity contribution in [1.29, 1.82) is 0 Å². The van der Waals surface area contributed by atoms with Crippen molar-refractivity contribution in [2.45, 2.75) is 25.9 Å². The molecule has 1 amide bonds. The van der Waals surface area contributed by atoms with Gasteiger partial charge in [0.15, 0.2) is 11.1 Å². The minimum absolute atomic E-state index is 0. The Morgan fingerprint density at radius 2 is 1.96 bits per heavy atom. The second-order valence-electron chi connectivity index (χ2n) is 6.61. The number of nitrogens with one attached hydrogen (secondary N) is 2. The van der Waals surface area contributed by atoms with Crippen molar-refractivity contribution in [1.82, 2.24) is 15.6 Å². The number of benzene rings is 1. The first kappa shape index (κ1) is 22.4. The summed E-state index contributed by atoms with van der Waals surface area (Å²) >= 11 is 1.63. The molecular formula is C19H27IN6OS. The van der Waals surface area contributed by atoms with Gasteiger partial charge in [-0.2, -0.15) is 0 Å². The molecule has 0 radical (unpaired) electrons. The monoisotopic (exact) mass is 514 g/mol. The van der Waals surface area contributed by atoms with Gasteiger partial charge in [0.05, 0.1) is 12.2 Å². The maximum Gasteiger partial charge on any atom is 0.227 e. The Morgan fingerprint density at radius 3 is 2.54 bits per heavy atom. The number of aliphatic imine (C=N–C) groups is 1. The number of anilines is 2. The smallest absolute Gasteiger partial charge is 0.227 e. The zero-order valence-electron chi connectivity index (χ0n) is 16.4. The normalized spacial score (nSPS) is 14.0. The number of aromatic nitrogens is 1. The molecular weight excluding hydrogens is 487 g/mol. The maximum atomic E-state index is 11.8. The summed E-state index contributed by atoms with van der Waals surface area (Å²) in [5.74, 6) is 0.943. The zero-order valence-corrected chi connectivity index (χ0v) is 19.6. The summed E-state index contributed by atoms with van der Waals surface area (Å²) in [6.07, 6.45) is 1.60. The number of thiazole rings is 1. The molecule has 1 saturated heterocycles. The lowest BCUT2D eigenvalue weighted by molar-refractivity contribution is -0.117.